The van der Waals surface area contributed by atoms with Crippen LogP contribution in [0, 0.1) is 5.92 Å². The molecule has 4 aromatic rings. The van der Waals surface area contributed by atoms with Gasteiger partial charge in [0.15, 0.2) is 12.2 Å². The summed E-state index contributed by atoms with van der Waals surface area (Å²) in [6.07, 6.45) is 6.93. The Balaban J connectivity index is 1.26. The van der Waals surface area contributed by atoms with Gasteiger partial charge in [0, 0.05) is 0 Å². The maximum atomic E-state index is 13.0. The lowest BCUT2D eigenvalue weighted by Gasteiger charge is -2.17. The Hall–Kier alpha value is -4.86. The monoisotopic (exact) mass is 818 g/mol. The topological polar surface area (TPSA) is 114 Å². The molecule has 0 aliphatic heterocycles. The van der Waals surface area contributed by atoms with E-state index in [1.165, 1.54) is 46.0 Å². The summed E-state index contributed by atoms with van der Waals surface area (Å²) in [5, 5.41) is 0.749. The third kappa shape index (κ3) is 13.9. The van der Waals surface area contributed by atoms with Crippen LogP contribution in [0.3, 0.4) is 0 Å². The molecule has 0 radical (unpaired) electrons. The third-order valence-electron chi connectivity index (χ3n) is 9.43. The van der Waals surface area contributed by atoms with Crippen molar-refractivity contribution in [1.82, 2.24) is 0 Å². The normalized spacial score (nSPS) is 12.5. The SMILES string of the molecule is CCCCCCCCCOc1ccc(-c2ccc(C(=O)Oc3ccc(-c4ccc(C(=O)OC(C)C(=O)OC(C)C(=O)OCC(C)CC)cc4)cc3Cl)cc2)cc1Cl. The molecule has 0 amide bonds. The van der Waals surface area contributed by atoms with Gasteiger partial charge in [0.2, 0.25) is 0 Å². The number of rotatable bonds is 21. The molecule has 304 valence electrons. The first-order chi connectivity index (χ1) is 27.4. The number of halogens is 2. The van der Waals surface area contributed by atoms with Crippen molar-refractivity contribution in [3.63, 3.8) is 0 Å². The second kappa shape index (κ2) is 22.8. The average Bonchev–Trinajstić information content (AvgIpc) is 3.21. The number of hydrogen-bond acceptors (Lipinski definition) is 9. The highest BCUT2D eigenvalue weighted by Crippen LogP contribution is 2.33. The largest absolute Gasteiger partial charge is 0.492 e. The molecule has 0 saturated heterocycles. The summed E-state index contributed by atoms with van der Waals surface area (Å²) in [5.74, 6) is -1.83. The smallest absolute Gasteiger partial charge is 0.348 e. The fraction of sp³-hybridized carbons (Fsp3) is 0.391. The number of ether oxygens (including phenoxy) is 5. The molecule has 4 aromatic carbocycles. The van der Waals surface area contributed by atoms with Crippen LogP contribution in [-0.2, 0) is 23.8 Å². The van der Waals surface area contributed by atoms with E-state index in [1.54, 1.807) is 54.6 Å². The minimum absolute atomic E-state index is 0.182. The van der Waals surface area contributed by atoms with Crippen molar-refractivity contribution in [3.05, 3.63) is 106 Å². The zero-order valence-corrected chi connectivity index (χ0v) is 34.8. The molecule has 0 aliphatic carbocycles. The highest BCUT2D eigenvalue weighted by Gasteiger charge is 2.26. The molecule has 0 spiro atoms. The van der Waals surface area contributed by atoms with Crippen molar-refractivity contribution >= 4 is 47.1 Å². The van der Waals surface area contributed by atoms with Gasteiger partial charge < -0.3 is 23.7 Å². The zero-order valence-electron chi connectivity index (χ0n) is 33.3. The van der Waals surface area contributed by atoms with Crippen molar-refractivity contribution in [3.8, 4) is 33.8 Å². The van der Waals surface area contributed by atoms with E-state index in [1.807, 2.05) is 44.2 Å². The molecule has 0 fully saturated rings. The van der Waals surface area contributed by atoms with Crippen molar-refractivity contribution in [2.45, 2.75) is 98.2 Å². The first-order valence-corrected chi connectivity index (χ1v) is 20.4. The van der Waals surface area contributed by atoms with E-state index in [0.717, 1.165) is 36.0 Å². The fourth-order valence-corrected chi connectivity index (χ4v) is 6.07. The standard InChI is InChI=1S/C46H52Cl2O9/c1-6-8-9-10-11-12-13-26-53-41-24-22-37(27-39(41)47)33-16-20-36(21-17-33)46(52)57-42-25-23-38(28-40(42)48)34-14-18-35(19-15-34)45(51)56-32(5)44(50)55-31(4)43(49)54-29-30(3)7-2/h14-25,27-28,30-32H,6-13,26,29H2,1-5H3. The molecule has 0 bridgehead atoms. The number of unbranched alkanes of at least 4 members (excludes halogenated alkanes) is 6. The predicted molar refractivity (Wildman–Crippen MR) is 223 cm³/mol. The number of carbonyl (C=O) groups excluding carboxylic acids is 4. The first kappa shape index (κ1) is 44.8. The number of esters is 4. The molecule has 0 aliphatic rings. The van der Waals surface area contributed by atoms with Gasteiger partial charge in [-0.1, -0.05) is 125 Å². The molecule has 9 nitrogen and oxygen atoms in total. The maximum Gasteiger partial charge on any atom is 0.348 e. The Bertz CT molecular complexity index is 1940. The Kier molecular flexibility index (Phi) is 17.9. The third-order valence-corrected chi connectivity index (χ3v) is 10.0. The molecular formula is C46H52Cl2O9. The summed E-state index contributed by atoms with van der Waals surface area (Å²) in [5.41, 5.74) is 3.76. The van der Waals surface area contributed by atoms with Crippen molar-refractivity contribution in [2.75, 3.05) is 13.2 Å². The molecule has 4 rings (SSSR count). The van der Waals surface area contributed by atoms with Crippen LogP contribution in [0.2, 0.25) is 10.0 Å². The Morgan fingerprint density at radius 2 is 1.05 bits per heavy atom. The number of hydrogen-bond donors (Lipinski definition) is 0. The molecule has 11 heteroatoms. The zero-order chi connectivity index (χ0) is 41.3. The molecule has 0 heterocycles. The minimum atomic E-state index is -1.25. The van der Waals surface area contributed by atoms with E-state index in [2.05, 4.69) is 6.92 Å². The predicted octanol–water partition coefficient (Wildman–Crippen LogP) is 11.7. The van der Waals surface area contributed by atoms with Crippen LogP contribution in [0.1, 0.15) is 107 Å². The fourth-order valence-electron chi connectivity index (χ4n) is 5.61. The van der Waals surface area contributed by atoms with Gasteiger partial charge in [-0.15, -0.1) is 0 Å². The molecule has 3 unspecified atom stereocenters. The molecule has 0 saturated carbocycles. The minimum Gasteiger partial charge on any atom is -0.492 e. The molecular weight excluding hydrogens is 767 g/mol. The van der Waals surface area contributed by atoms with Crippen molar-refractivity contribution in [2.24, 2.45) is 5.92 Å². The van der Waals surface area contributed by atoms with Crippen LogP contribution in [0.5, 0.6) is 11.5 Å². The second-order valence-corrected chi connectivity index (χ2v) is 14.9. The van der Waals surface area contributed by atoms with E-state index in [0.29, 0.717) is 28.5 Å². The van der Waals surface area contributed by atoms with Crippen LogP contribution >= 0.6 is 23.2 Å². The summed E-state index contributed by atoms with van der Waals surface area (Å²) in [4.78, 5) is 50.4. The Morgan fingerprint density at radius 3 is 1.60 bits per heavy atom. The molecule has 0 N–H and O–H groups in total. The first-order valence-electron chi connectivity index (χ1n) is 19.6. The van der Waals surface area contributed by atoms with Crippen molar-refractivity contribution in [1.29, 1.82) is 0 Å². The van der Waals surface area contributed by atoms with Gasteiger partial charge in [0.05, 0.1) is 34.4 Å². The van der Waals surface area contributed by atoms with Crippen molar-refractivity contribution < 1.29 is 42.9 Å². The van der Waals surface area contributed by atoms with Gasteiger partial charge in [-0.3, -0.25) is 0 Å². The number of benzene rings is 4. The van der Waals surface area contributed by atoms with E-state index in [4.69, 9.17) is 46.9 Å². The van der Waals surface area contributed by atoms with Gasteiger partial charge in [-0.25, -0.2) is 19.2 Å². The lowest BCUT2D eigenvalue weighted by atomic mass is 10.0. The summed E-state index contributed by atoms with van der Waals surface area (Å²) < 4.78 is 27.1. The highest BCUT2D eigenvalue weighted by molar-refractivity contribution is 6.32. The van der Waals surface area contributed by atoms with E-state index in [9.17, 15) is 19.2 Å². The quantitative estimate of drug-likeness (QED) is 0.0351. The summed E-state index contributed by atoms with van der Waals surface area (Å²) in [6.45, 7) is 9.76. The summed E-state index contributed by atoms with van der Waals surface area (Å²) >= 11 is 13.1. The van der Waals surface area contributed by atoms with E-state index >= 15 is 0 Å². The second-order valence-electron chi connectivity index (χ2n) is 14.1. The molecule has 3 atom stereocenters. The van der Waals surface area contributed by atoms with E-state index < -0.39 is 36.1 Å². The summed E-state index contributed by atoms with van der Waals surface area (Å²) in [7, 11) is 0. The van der Waals surface area contributed by atoms with E-state index in [-0.39, 0.29) is 28.9 Å². The van der Waals surface area contributed by atoms with Gasteiger partial charge in [0.1, 0.15) is 11.5 Å². The van der Waals surface area contributed by atoms with Crippen LogP contribution in [0.15, 0.2) is 84.9 Å². The number of carbonyl (C=O) groups is 4. The molecule has 0 aromatic heterocycles. The summed E-state index contributed by atoms with van der Waals surface area (Å²) in [6, 6.07) is 24.2. The van der Waals surface area contributed by atoms with Gasteiger partial charge in [0.25, 0.3) is 0 Å². The van der Waals surface area contributed by atoms with Crippen LogP contribution in [-0.4, -0.2) is 49.3 Å². The maximum absolute atomic E-state index is 13.0. The van der Waals surface area contributed by atoms with Gasteiger partial charge >= 0.3 is 23.9 Å². The highest BCUT2D eigenvalue weighted by atomic mass is 35.5. The van der Waals surface area contributed by atoms with Crippen LogP contribution < -0.4 is 9.47 Å². The van der Waals surface area contributed by atoms with Gasteiger partial charge in [-0.2, -0.15) is 0 Å². The van der Waals surface area contributed by atoms with Crippen LogP contribution in [0.4, 0.5) is 0 Å². The Morgan fingerprint density at radius 1 is 0.561 bits per heavy atom. The average molecular weight is 820 g/mol. The lowest BCUT2D eigenvalue weighted by molar-refractivity contribution is -0.172. The molecule has 57 heavy (non-hydrogen) atoms. The van der Waals surface area contributed by atoms with Crippen LogP contribution in [0.25, 0.3) is 22.3 Å². The van der Waals surface area contributed by atoms with Gasteiger partial charge in [-0.05, 0) is 97.0 Å². The lowest BCUT2D eigenvalue weighted by Crippen LogP contribution is -2.33. The Labute approximate surface area is 345 Å².